The first-order valence-electron chi connectivity index (χ1n) is 34.0. The minimum atomic E-state index is 0.659. The number of rotatable bonds is 0. The molecule has 0 saturated heterocycles. The van der Waals surface area contributed by atoms with Crippen molar-refractivity contribution in [2.75, 3.05) is 0 Å². The molecular formula is C80H150. The van der Waals surface area contributed by atoms with E-state index < -0.39 is 0 Å². The molecule has 0 heterocycles. The third-order valence-corrected chi connectivity index (χ3v) is 13.3. The van der Waals surface area contributed by atoms with Gasteiger partial charge in [0.15, 0.2) is 0 Å². The molecule has 470 valence electrons. The molecule has 4 unspecified atom stereocenters. The van der Waals surface area contributed by atoms with Gasteiger partial charge in [0.25, 0.3) is 0 Å². The molecular weight excluding hydrogens is 961 g/mol. The van der Waals surface area contributed by atoms with Crippen LogP contribution >= 0.6 is 0 Å². The van der Waals surface area contributed by atoms with E-state index in [4.69, 9.17) is 0 Å². The van der Waals surface area contributed by atoms with Crippen molar-refractivity contribution >= 4 is 0 Å². The van der Waals surface area contributed by atoms with Crippen LogP contribution in [0.2, 0.25) is 0 Å². The lowest BCUT2D eigenvalue weighted by molar-refractivity contribution is 0.308. The summed E-state index contributed by atoms with van der Waals surface area (Å²) in [6, 6.07) is 8.48. The Bertz CT molecular complexity index is 1580. The van der Waals surface area contributed by atoms with Gasteiger partial charge in [-0.3, -0.25) is 0 Å². The molecule has 1 aromatic rings. The van der Waals surface area contributed by atoms with E-state index in [1.165, 1.54) is 129 Å². The lowest BCUT2D eigenvalue weighted by atomic mass is 9.84. The Balaban J connectivity index is -0.000000119. The van der Waals surface area contributed by atoms with E-state index in [0.717, 1.165) is 35.5 Å². The van der Waals surface area contributed by atoms with Gasteiger partial charge in [0.1, 0.15) is 0 Å². The van der Waals surface area contributed by atoms with E-state index in [0.29, 0.717) is 11.8 Å². The van der Waals surface area contributed by atoms with Gasteiger partial charge in [0.05, 0.1) is 0 Å². The van der Waals surface area contributed by atoms with Gasteiger partial charge in [0.2, 0.25) is 0 Å². The van der Waals surface area contributed by atoms with Gasteiger partial charge >= 0.3 is 0 Å². The van der Waals surface area contributed by atoms with Gasteiger partial charge < -0.3 is 0 Å². The minimum absolute atomic E-state index is 0.659. The summed E-state index contributed by atoms with van der Waals surface area (Å²) in [6.07, 6.45) is 50.6. The summed E-state index contributed by atoms with van der Waals surface area (Å²) in [7, 11) is 0. The molecule has 1 fully saturated rings. The molecule has 7 aliphatic carbocycles. The highest BCUT2D eigenvalue weighted by Crippen LogP contribution is 2.27. The molecule has 0 amide bonds. The standard InChI is InChI=1S/C8H16.2C8H14.4C8H12.C8H10.8C2H6/c8*1-7-3-5-8(2)6-4-7;8*1-2/h7-8H,3-6H2,1-2H3;3,8H,4-6H2,1-2H3;3,5,7-8H,4,6H2,1-2H3;3,6H,4-5H2,1-2H3;3,5H,4,6H2,1-2H3;3-5,8H,6H2,1-2H3;3-8H,1-2H3;3-6H,1-2H3;8*1-2H3. The van der Waals surface area contributed by atoms with E-state index in [1.807, 2.05) is 111 Å². The van der Waals surface area contributed by atoms with E-state index in [2.05, 4.69) is 220 Å². The van der Waals surface area contributed by atoms with E-state index >= 15 is 0 Å². The van der Waals surface area contributed by atoms with Crippen LogP contribution in [-0.4, -0.2) is 0 Å². The lowest BCUT2D eigenvalue weighted by Gasteiger charge is -2.22. The molecule has 1 aromatic carbocycles. The zero-order valence-electron chi connectivity index (χ0n) is 60.9. The number of hydrogen-bond acceptors (Lipinski definition) is 0. The maximum atomic E-state index is 2.37. The minimum Gasteiger partial charge on any atom is -0.0854 e. The normalized spacial score (nSPS) is 22.6. The molecule has 0 nitrogen and oxygen atoms in total. The molecule has 0 heteroatoms. The fourth-order valence-electron chi connectivity index (χ4n) is 7.60. The van der Waals surface area contributed by atoms with Crippen LogP contribution < -0.4 is 0 Å². The van der Waals surface area contributed by atoms with Crippen molar-refractivity contribution < 1.29 is 0 Å². The molecule has 1 saturated carbocycles. The summed E-state index contributed by atoms with van der Waals surface area (Å²) >= 11 is 0. The predicted octanol–water partition coefficient (Wildman–Crippen LogP) is 29.0. The van der Waals surface area contributed by atoms with Crippen molar-refractivity contribution in [1.29, 1.82) is 0 Å². The van der Waals surface area contributed by atoms with Gasteiger partial charge in [-0.1, -0.05) is 346 Å². The third-order valence-electron chi connectivity index (χ3n) is 13.3. The Morgan fingerprint density at radius 3 is 0.850 bits per heavy atom. The van der Waals surface area contributed by atoms with E-state index in [9.17, 15) is 0 Å². The number of allylic oxidation sites excluding steroid dienone is 20. The summed E-state index contributed by atoms with van der Waals surface area (Å²) in [5.74, 6) is 6.74. The van der Waals surface area contributed by atoms with Crippen LogP contribution in [-0.2, 0) is 0 Å². The second-order valence-corrected chi connectivity index (χ2v) is 21.4. The van der Waals surface area contributed by atoms with Gasteiger partial charge in [-0.2, -0.15) is 0 Å². The second kappa shape index (κ2) is 71.7. The van der Waals surface area contributed by atoms with Crippen molar-refractivity contribution in [1.82, 2.24) is 0 Å². The van der Waals surface area contributed by atoms with Crippen molar-refractivity contribution in [3.05, 3.63) is 154 Å². The van der Waals surface area contributed by atoms with Crippen molar-refractivity contribution in [3.8, 4) is 0 Å². The molecule has 0 aromatic heterocycles. The monoisotopic (exact) mass is 1110 g/mol. The average molecular weight is 1110 g/mol. The summed E-state index contributed by atoms with van der Waals surface area (Å²) in [5, 5.41) is 0. The van der Waals surface area contributed by atoms with Crippen LogP contribution in [0.15, 0.2) is 143 Å². The number of benzene rings is 1. The summed E-state index contributed by atoms with van der Waals surface area (Å²) in [4.78, 5) is 0. The quantitative estimate of drug-likeness (QED) is 0.227. The van der Waals surface area contributed by atoms with Crippen molar-refractivity contribution in [2.24, 2.45) is 47.3 Å². The van der Waals surface area contributed by atoms with Gasteiger partial charge in [-0.25, -0.2) is 0 Å². The van der Waals surface area contributed by atoms with Crippen LogP contribution in [0.3, 0.4) is 0 Å². The first kappa shape index (κ1) is 93.0. The van der Waals surface area contributed by atoms with Crippen LogP contribution in [0.25, 0.3) is 0 Å². The fraction of sp³-hybridized carbons (Fsp3) is 0.675. The van der Waals surface area contributed by atoms with E-state index in [-0.39, 0.29) is 0 Å². The van der Waals surface area contributed by atoms with Gasteiger partial charge in [-0.15, -0.1) is 0 Å². The van der Waals surface area contributed by atoms with Gasteiger partial charge in [-0.05, 0) is 167 Å². The summed E-state index contributed by atoms with van der Waals surface area (Å²) < 4.78 is 0. The Kier molecular flexibility index (Phi) is 83.4. The van der Waals surface area contributed by atoms with Gasteiger partial charge in [0, 0.05) is 0 Å². The predicted molar refractivity (Wildman–Crippen MR) is 384 cm³/mol. The van der Waals surface area contributed by atoms with Crippen molar-refractivity contribution in [2.45, 2.75) is 311 Å². The highest BCUT2D eigenvalue weighted by Gasteiger charge is 2.13. The molecule has 0 N–H and O–H groups in total. The van der Waals surface area contributed by atoms with Crippen LogP contribution in [0.1, 0.15) is 309 Å². The third kappa shape index (κ3) is 68.9. The maximum absolute atomic E-state index is 2.37. The molecule has 4 atom stereocenters. The topological polar surface area (TPSA) is 0 Å². The molecule has 8 rings (SSSR count). The average Bonchev–Trinajstić information content (AvgIpc) is 3.50. The Morgan fingerprint density at radius 1 is 0.287 bits per heavy atom. The summed E-state index contributed by atoms with van der Waals surface area (Å²) in [6.45, 7) is 67.5. The molecule has 7 aliphatic rings. The Hall–Kier alpha value is -3.38. The smallest absolute Gasteiger partial charge is 0.00815 e. The van der Waals surface area contributed by atoms with Crippen LogP contribution in [0, 0.1) is 61.2 Å². The highest BCUT2D eigenvalue weighted by atomic mass is 14.2. The molecule has 0 aliphatic heterocycles. The summed E-state index contributed by atoms with van der Waals surface area (Å²) in [5.41, 5.74) is 11.7. The Labute approximate surface area is 510 Å². The fourth-order valence-corrected chi connectivity index (χ4v) is 7.60. The first-order chi connectivity index (χ1) is 38.3. The van der Waals surface area contributed by atoms with Crippen molar-refractivity contribution in [3.63, 3.8) is 0 Å². The highest BCUT2D eigenvalue weighted by molar-refractivity contribution is 5.22. The SMILES string of the molecule is CC.CC.CC.CC.CC.CC.CC.CC.CC1=CC=C(C)CC1.CC1=CCC(C)=CC1.CC1=CCC(C)C=C1.CC1=CCC(C)CC1.CC1C=CC(C)C=C1.CC1C=CC(C)CC1.CC1CCC(C)CC1.Cc1ccc(C)cc1. The Morgan fingerprint density at radius 2 is 0.625 bits per heavy atom. The number of hydrogen-bond donors (Lipinski definition) is 0. The second-order valence-electron chi connectivity index (χ2n) is 21.4. The maximum Gasteiger partial charge on any atom is -0.00815 e. The zero-order chi connectivity index (χ0) is 63.9. The number of aryl methyl sites for hydroxylation is 2. The largest absolute Gasteiger partial charge is 0.0854 e. The zero-order valence-corrected chi connectivity index (χ0v) is 60.9. The molecule has 0 bridgehead atoms. The molecule has 80 heavy (non-hydrogen) atoms. The van der Waals surface area contributed by atoms with Crippen LogP contribution in [0.4, 0.5) is 0 Å². The first-order valence-corrected chi connectivity index (χ1v) is 34.0. The lowest BCUT2D eigenvalue weighted by Crippen LogP contribution is -2.08. The molecule has 0 spiro atoms. The molecule has 0 radical (unpaired) electrons. The van der Waals surface area contributed by atoms with E-state index in [1.54, 1.807) is 5.57 Å². The van der Waals surface area contributed by atoms with Crippen LogP contribution in [0.5, 0.6) is 0 Å².